The molecule has 0 aromatic heterocycles. The SMILES string of the molecule is CN(C)C=NS(=O)(=O)OC[C@@]12OC[C@H]3OC(C)(C)O[C@H]3[C@@H]1OC(C)(C)O2. The second-order valence-corrected chi connectivity index (χ2v) is 8.98. The van der Waals surface area contributed by atoms with E-state index in [1.54, 1.807) is 41.8 Å². The fourth-order valence-electron chi connectivity index (χ4n) is 3.29. The Balaban J connectivity index is 1.80. The van der Waals surface area contributed by atoms with Crippen molar-refractivity contribution < 1.29 is 36.3 Å². The highest BCUT2D eigenvalue weighted by atomic mass is 32.2. The van der Waals surface area contributed by atoms with Gasteiger partial charge >= 0.3 is 10.3 Å². The molecule has 0 unspecified atom stereocenters. The molecule has 4 atom stereocenters. The molecule has 0 aromatic rings. The van der Waals surface area contributed by atoms with Crippen LogP contribution in [0.25, 0.3) is 0 Å². The van der Waals surface area contributed by atoms with Crippen molar-refractivity contribution >= 4 is 16.6 Å². The van der Waals surface area contributed by atoms with Gasteiger partial charge in [-0.2, -0.15) is 8.42 Å². The van der Waals surface area contributed by atoms with E-state index in [4.69, 9.17) is 27.9 Å². The molecule has 11 heteroatoms. The Kier molecular flexibility index (Phi) is 4.88. The van der Waals surface area contributed by atoms with Crippen molar-refractivity contribution in [2.45, 2.75) is 63.4 Å². The van der Waals surface area contributed by atoms with Gasteiger partial charge in [0, 0.05) is 14.1 Å². The molecule has 3 aliphatic heterocycles. The molecule has 0 aliphatic carbocycles. The van der Waals surface area contributed by atoms with E-state index < -0.39 is 46.5 Å². The van der Waals surface area contributed by atoms with Gasteiger partial charge in [-0.1, -0.05) is 0 Å². The third kappa shape index (κ3) is 4.03. The van der Waals surface area contributed by atoms with Gasteiger partial charge < -0.3 is 28.6 Å². The maximum absolute atomic E-state index is 12.0. The van der Waals surface area contributed by atoms with Crippen LogP contribution in [0.2, 0.25) is 0 Å². The Morgan fingerprint density at radius 1 is 1.15 bits per heavy atom. The van der Waals surface area contributed by atoms with E-state index in [0.717, 1.165) is 6.34 Å². The Labute approximate surface area is 153 Å². The van der Waals surface area contributed by atoms with E-state index in [1.807, 2.05) is 0 Å². The summed E-state index contributed by atoms with van der Waals surface area (Å²) in [7, 11) is -0.869. The van der Waals surface area contributed by atoms with Gasteiger partial charge in [-0.25, -0.2) is 4.18 Å². The molecule has 3 rings (SSSR count). The van der Waals surface area contributed by atoms with E-state index >= 15 is 0 Å². The Hall–Kier alpha value is -0.820. The zero-order valence-electron chi connectivity index (χ0n) is 15.8. The fourth-order valence-corrected chi connectivity index (χ4v) is 3.96. The zero-order valence-corrected chi connectivity index (χ0v) is 16.6. The molecule has 0 bridgehead atoms. The van der Waals surface area contributed by atoms with Crippen LogP contribution in [-0.4, -0.2) is 82.6 Å². The minimum Gasteiger partial charge on any atom is -0.368 e. The lowest BCUT2D eigenvalue weighted by atomic mass is 9.98. The summed E-state index contributed by atoms with van der Waals surface area (Å²) in [6, 6.07) is 0. The maximum atomic E-state index is 12.0. The predicted octanol–water partition coefficient (Wildman–Crippen LogP) is 0.236. The Morgan fingerprint density at radius 2 is 1.85 bits per heavy atom. The van der Waals surface area contributed by atoms with Gasteiger partial charge in [0.05, 0.1) is 6.61 Å². The molecule has 0 amide bonds. The number of rotatable bonds is 5. The van der Waals surface area contributed by atoms with Gasteiger partial charge in [-0.05, 0) is 27.7 Å². The predicted molar refractivity (Wildman–Crippen MR) is 89.6 cm³/mol. The van der Waals surface area contributed by atoms with E-state index in [1.165, 1.54) is 4.90 Å². The minimum absolute atomic E-state index is 0.161. The first-order valence-electron chi connectivity index (χ1n) is 8.32. The average Bonchev–Trinajstić information content (AvgIpc) is 2.95. The summed E-state index contributed by atoms with van der Waals surface area (Å²) >= 11 is 0. The van der Waals surface area contributed by atoms with Gasteiger partial charge in [-0.15, -0.1) is 4.40 Å². The number of ether oxygens (including phenoxy) is 5. The monoisotopic (exact) mass is 394 g/mol. The van der Waals surface area contributed by atoms with E-state index in [9.17, 15) is 8.42 Å². The molecule has 0 N–H and O–H groups in total. The van der Waals surface area contributed by atoms with Crippen LogP contribution >= 0.6 is 0 Å². The smallest absolute Gasteiger partial charge is 0.368 e. The summed E-state index contributed by atoms with van der Waals surface area (Å²) in [5, 5.41) is 0. The summed E-state index contributed by atoms with van der Waals surface area (Å²) in [6.45, 7) is 6.77. The fraction of sp³-hybridized carbons (Fsp3) is 0.933. The summed E-state index contributed by atoms with van der Waals surface area (Å²) in [5.41, 5.74) is 0. The summed E-state index contributed by atoms with van der Waals surface area (Å²) in [6.07, 6.45) is -0.401. The second kappa shape index (κ2) is 6.36. The topological polar surface area (TPSA) is 105 Å². The van der Waals surface area contributed by atoms with Crippen LogP contribution in [-0.2, 0) is 38.2 Å². The average molecular weight is 394 g/mol. The van der Waals surface area contributed by atoms with E-state index in [2.05, 4.69) is 4.40 Å². The zero-order chi connectivity index (χ0) is 19.4. The first-order valence-corrected chi connectivity index (χ1v) is 9.68. The van der Waals surface area contributed by atoms with Crippen LogP contribution in [0, 0.1) is 0 Å². The van der Waals surface area contributed by atoms with Crippen molar-refractivity contribution in [3.8, 4) is 0 Å². The number of hydrogen-bond acceptors (Lipinski definition) is 8. The molecule has 0 saturated carbocycles. The highest BCUT2D eigenvalue weighted by molar-refractivity contribution is 7.85. The normalized spacial score (nSPS) is 38.3. The van der Waals surface area contributed by atoms with Crippen LogP contribution in [0.4, 0.5) is 0 Å². The highest BCUT2D eigenvalue weighted by Crippen LogP contribution is 2.47. The van der Waals surface area contributed by atoms with E-state index in [-0.39, 0.29) is 12.7 Å². The van der Waals surface area contributed by atoms with Gasteiger partial charge in [0.25, 0.3) is 0 Å². The molecular weight excluding hydrogens is 368 g/mol. The third-order valence-corrected chi connectivity index (χ3v) is 4.86. The van der Waals surface area contributed by atoms with Crippen LogP contribution in [0.3, 0.4) is 0 Å². The molecule has 0 spiro atoms. The van der Waals surface area contributed by atoms with Gasteiger partial charge in [0.2, 0.25) is 5.79 Å². The molecule has 26 heavy (non-hydrogen) atoms. The lowest BCUT2D eigenvalue weighted by molar-refractivity contribution is -0.290. The second-order valence-electron chi connectivity index (χ2n) is 7.68. The molecular formula is C15H26N2O8S. The molecule has 0 aromatic carbocycles. The largest absolute Gasteiger partial charge is 0.382 e. The first-order chi connectivity index (χ1) is 11.8. The van der Waals surface area contributed by atoms with Gasteiger partial charge in [-0.3, -0.25) is 0 Å². The highest BCUT2D eigenvalue weighted by Gasteiger charge is 2.65. The van der Waals surface area contributed by atoms with Crippen LogP contribution in [0.15, 0.2) is 4.40 Å². The van der Waals surface area contributed by atoms with Crippen LogP contribution < -0.4 is 0 Å². The quantitative estimate of drug-likeness (QED) is 0.479. The van der Waals surface area contributed by atoms with Crippen molar-refractivity contribution in [2.24, 2.45) is 4.40 Å². The summed E-state index contributed by atoms with van der Waals surface area (Å²) < 4.78 is 61.9. The number of fused-ring (bicyclic) bond motifs is 3. The van der Waals surface area contributed by atoms with Crippen LogP contribution in [0.5, 0.6) is 0 Å². The molecule has 3 heterocycles. The number of nitrogens with zero attached hydrogens (tertiary/aromatic N) is 2. The van der Waals surface area contributed by atoms with Crippen molar-refractivity contribution in [2.75, 3.05) is 27.3 Å². The lowest BCUT2D eigenvalue weighted by Crippen LogP contribution is -2.60. The Morgan fingerprint density at radius 3 is 2.50 bits per heavy atom. The molecule has 150 valence electrons. The lowest BCUT2D eigenvalue weighted by Gasteiger charge is -2.40. The van der Waals surface area contributed by atoms with Gasteiger partial charge in [0.15, 0.2) is 11.6 Å². The van der Waals surface area contributed by atoms with Crippen molar-refractivity contribution in [1.29, 1.82) is 0 Å². The maximum Gasteiger partial charge on any atom is 0.382 e. The van der Waals surface area contributed by atoms with Crippen molar-refractivity contribution in [1.82, 2.24) is 4.90 Å². The van der Waals surface area contributed by atoms with Crippen molar-refractivity contribution in [3.63, 3.8) is 0 Å². The molecule has 10 nitrogen and oxygen atoms in total. The van der Waals surface area contributed by atoms with E-state index in [0.29, 0.717) is 0 Å². The summed E-state index contributed by atoms with van der Waals surface area (Å²) in [4.78, 5) is 1.48. The molecule has 3 saturated heterocycles. The molecule has 0 radical (unpaired) electrons. The first kappa shape index (κ1) is 19.9. The Bertz CT molecular complexity index is 677. The molecule has 3 aliphatic rings. The standard InChI is InChI=1S/C15H26N2O8S/c1-13(2)22-10-7-20-15(8-21-26(18,19)16-9-17(5)6)12(11(10)23-13)24-14(3,4)25-15/h9-12H,7-8H2,1-6H3/t10-,11-,12+,15+/m1/s1. The molecule has 3 fully saturated rings. The summed E-state index contributed by atoms with van der Waals surface area (Å²) in [5.74, 6) is -3.24. The minimum atomic E-state index is -4.16. The van der Waals surface area contributed by atoms with Gasteiger partial charge in [0.1, 0.15) is 31.3 Å². The van der Waals surface area contributed by atoms with Crippen molar-refractivity contribution in [3.05, 3.63) is 0 Å². The number of hydrogen-bond donors (Lipinski definition) is 0. The third-order valence-electron chi connectivity index (χ3n) is 4.09. The van der Waals surface area contributed by atoms with Crippen LogP contribution in [0.1, 0.15) is 27.7 Å².